The number of rotatable bonds is 11. The number of carbonyl (C=O) groups is 2. The van der Waals surface area contributed by atoms with Gasteiger partial charge in [-0.05, 0) is 68.5 Å². The van der Waals surface area contributed by atoms with Gasteiger partial charge in [0.05, 0.1) is 19.0 Å². The van der Waals surface area contributed by atoms with E-state index in [2.05, 4.69) is 40.0 Å². The van der Waals surface area contributed by atoms with Crippen molar-refractivity contribution in [1.29, 1.82) is 0 Å². The molecule has 2 aromatic carbocycles. The fraction of sp³-hybridized carbons (Fsp3) is 0.455. The molecule has 0 spiro atoms. The van der Waals surface area contributed by atoms with E-state index in [1.807, 2.05) is 48.3 Å². The summed E-state index contributed by atoms with van der Waals surface area (Å²) >= 11 is 0. The molecular weight excluding hydrogens is 556 g/mol. The van der Waals surface area contributed by atoms with Crippen LogP contribution in [-0.4, -0.2) is 73.2 Å². The number of hydrogen-bond donors (Lipinski definition) is 3. The summed E-state index contributed by atoms with van der Waals surface area (Å²) in [4.78, 5) is 37.6. The molecule has 2 amide bonds. The van der Waals surface area contributed by atoms with Crippen molar-refractivity contribution in [2.24, 2.45) is 5.92 Å². The van der Waals surface area contributed by atoms with Gasteiger partial charge in [-0.2, -0.15) is 4.98 Å². The van der Waals surface area contributed by atoms with Crippen molar-refractivity contribution in [2.75, 3.05) is 49.5 Å². The summed E-state index contributed by atoms with van der Waals surface area (Å²) in [5.74, 6) is 1.85. The smallest absolute Gasteiger partial charge is 0.251 e. The molecule has 0 aliphatic carbocycles. The molecule has 2 atom stereocenters. The highest BCUT2D eigenvalue weighted by atomic mass is 16.5. The van der Waals surface area contributed by atoms with E-state index in [0.717, 1.165) is 37.9 Å². The zero-order valence-electron chi connectivity index (χ0n) is 26.3. The van der Waals surface area contributed by atoms with Crippen molar-refractivity contribution in [3.63, 3.8) is 0 Å². The van der Waals surface area contributed by atoms with Gasteiger partial charge < -0.3 is 25.6 Å². The summed E-state index contributed by atoms with van der Waals surface area (Å²) in [6.45, 7) is 6.71. The van der Waals surface area contributed by atoms with Gasteiger partial charge in [0.2, 0.25) is 5.95 Å². The highest BCUT2D eigenvalue weighted by molar-refractivity contribution is 6.04. The number of anilines is 4. The number of hydrogen-bond acceptors (Lipinski definition) is 9. The Morgan fingerprint density at radius 1 is 1.16 bits per heavy atom. The third kappa shape index (κ3) is 6.63. The number of nitrogens with zero attached hydrogens (tertiary/aromatic N) is 5. The Morgan fingerprint density at radius 2 is 1.91 bits per heavy atom. The first-order chi connectivity index (χ1) is 21.3. The highest BCUT2D eigenvalue weighted by Crippen LogP contribution is 2.37. The zero-order valence-corrected chi connectivity index (χ0v) is 26.3. The van der Waals surface area contributed by atoms with E-state index in [1.165, 1.54) is 0 Å². The molecule has 1 fully saturated rings. The van der Waals surface area contributed by atoms with Gasteiger partial charge in [0.15, 0.2) is 5.82 Å². The van der Waals surface area contributed by atoms with Crippen LogP contribution in [0.5, 0.6) is 5.75 Å². The summed E-state index contributed by atoms with van der Waals surface area (Å²) < 4.78 is 5.68. The number of carbonyl (C=O) groups excluding carboxylic acids is 2. The molecule has 11 heteroatoms. The van der Waals surface area contributed by atoms with Gasteiger partial charge in [0.25, 0.3) is 11.8 Å². The van der Waals surface area contributed by atoms with Crippen molar-refractivity contribution in [3.05, 3.63) is 65.9 Å². The molecule has 2 aliphatic rings. The minimum atomic E-state index is -0.409. The average molecular weight is 601 g/mol. The fourth-order valence-electron chi connectivity index (χ4n) is 6.21. The van der Waals surface area contributed by atoms with Gasteiger partial charge in [-0.1, -0.05) is 44.2 Å². The molecule has 0 radical (unpaired) electrons. The van der Waals surface area contributed by atoms with E-state index in [0.29, 0.717) is 53.3 Å². The molecule has 5 rings (SSSR count). The first-order valence-electron chi connectivity index (χ1n) is 15.5. The molecule has 0 saturated carbocycles. The molecule has 1 saturated heterocycles. The maximum absolute atomic E-state index is 13.3. The number of aromatic nitrogens is 2. The number of nitrogens with one attached hydrogen (secondary N) is 3. The quantitative estimate of drug-likeness (QED) is 0.296. The van der Waals surface area contributed by atoms with Gasteiger partial charge in [0, 0.05) is 32.2 Å². The summed E-state index contributed by atoms with van der Waals surface area (Å²) in [5.41, 5.74) is 2.92. The molecule has 3 heterocycles. The van der Waals surface area contributed by atoms with Crippen LogP contribution >= 0.6 is 0 Å². The highest BCUT2D eigenvalue weighted by Gasteiger charge is 2.39. The summed E-state index contributed by atoms with van der Waals surface area (Å²) in [7, 11) is 5.30. The zero-order chi connectivity index (χ0) is 31.2. The van der Waals surface area contributed by atoms with Crippen molar-refractivity contribution in [1.82, 2.24) is 25.6 Å². The van der Waals surface area contributed by atoms with Gasteiger partial charge in [-0.3, -0.25) is 14.6 Å². The number of likely N-dealkylation sites (N-methyl/N-ethyl adjacent to an activating group) is 1. The van der Waals surface area contributed by atoms with E-state index in [4.69, 9.17) is 9.72 Å². The lowest BCUT2D eigenvalue weighted by atomic mass is 9.88. The number of benzene rings is 2. The molecule has 11 nitrogen and oxygen atoms in total. The molecule has 2 aliphatic heterocycles. The number of amides is 2. The van der Waals surface area contributed by atoms with E-state index < -0.39 is 6.04 Å². The second-order valence-corrected chi connectivity index (χ2v) is 11.5. The fourth-order valence-corrected chi connectivity index (χ4v) is 6.21. The Labute approximate surface area is 260 Å². The van der Waals surface area contributed by atoms with Crippen molar-refractivity contribution < 1.29 is 14.3 Å². The third-order valence-electron chi connectivity index (χ3n) is 8.67. The van der Waals surface area contributed by atoms with Crippen LogP contribution < -0.4 is 30.6 Å². The standard InChI is InChI=1S/C33H44N8O3/c1-6-25(23-15-17-34-18-16-23)36-31(42)24-13-14-26(29(19-24)44-5)37-33-35-20-28-30(38-33)41(27(7-2)32(43)40(28)4)39(3)21-22-11-9-8-10-12-22/h8-14,19-20,23,25,27,34H,6-7,15-18,21H2,1-5H3,(H,36,42)(H,35,37,38). The molecule has 3 aromatic rings. The lowest BCUT2D eigenvalue weighted by molar-refractivity contribution is -0.120. The van der Waals surface area contributed by atoms with Gasteiger partial charge in [0.1, 0.15) is 17.5 Å². The Hall–Kier alpha value is -4.22. The van der Waals surface area contributed by atoms with E-state index in [-0.39, 0.29) is 17.9 Å². The van der Waals surface area contributed by atoms with Gasteiger partial charge in [-0.15, -0.1) is 0 Å². The first kappa shape index (κ1) is 31.2. The molecule has 44 heavy (non-hydrogen) atoms. The maximum atomic E-state index is 13.3. The maximum Gasteiger partial charge on any atom is 0.251 e. The monoisotopic (exact) mass is 600 g/mol. The van der Waals surface area contributed by atoms with Crippen LogP contribution in [0.25, 0.3) is 0 Å². The molecular formula is C33H44N8O3. The summed E-state index contributed by atoms with van der Waals surface area (Å²) in [6, 6.07) is 15.2. The molecule has 234 valence electrons. The normalized spacial score (nSPS) is 17.8. The molecule has 0 bridgehead atoms. The second-order valence-electron chi connectivity index (χ2n) is 11.5. The number of fused-ring (bicyclic) bond motifs is 1. The Bertz CT molecular complexity index is 1450. The van der Waals surface area contributed by atoms with Crippen molar-refractivity contribution in [3.8, 4) is 5.75 Å². The van der Waals surface area contributed by atoms with Gasteiger partial charge in [-0.25, -0.2) is 9.99 Å². The topological polar surface area (TPSA) is 115 Å². The van der Waals surface area contributed by atoms with Crippen LogP contribution in [0.4, 0.5) is 23.1 Å². The van der Waals surface area contributed by atoms with Gasteiger partial charge >= 0.3 is 0 Å². The van der Waals surface area contributed by atoms with E-state index in [9.17, 15) is 9.59 Å². The number of hydrazine groups is 1. The SMILES string of the molecule is CCC(NC(=O)c1ccc(Nc2ncc3c(n2)N(N(C)Cc2ccccc2)C(CC)C(=O)N3C)c(OC)c1)C1CCNCC1. The number of methoxy groups -OCH3 is 1. The Balaban J connectivity index is 1.38. The summed E-state index contributed by atoms with van der Waals surface area (Å²) in [6.07, 6.45) is 5.29. The number of piperidine rings is 1. The lowest BCUT2D eigenvalue weighted by Gasteiger charge is -2.44. The number of ether oxygens (including phenoxy) is 1. The molecule has 3 N–H and O–H groups in total. The minimum Gasteiger partial charge on any atom is -0.495 e. The largest absolute Gasteiger partial charge is 0.495 e. The predicted molar refractivity (Wildman–Crippen MR) is 173 cm³/mol. The summed E-state index contributed by atoms with van der Waals surface area (Å²) in [5, 5.41) is 13.9. The minimum absolute atomic E-state index is 0.00905. The Morgan fingerprint density at radius 3 is 2.59 bits per heavy atom. The van der Waals surface area contributed by atoms with Crippen LogP contribution in [0.15, 0.2) is 54.7 Å². The third-order valence-corrected chi connectivity index (χ3v) is 8.67. The van der Waals surface area contributed by atoms with E-state index in [1.54, 1.807) is 37.4 Å². The van der Waals surface area contributed by atoms with Crippen LogP contribution in [0, 0.1) is 5.92 Å². The van der Waals surface area contributed by atoms with Crippen LogP contribution in [0.3, 0.4) is 0 Å². The second kappa shape index (κ2) is 14.0. The molecule has 1 aromatic heterocycles. The molecule has 2 unspecified atom stereocenters. The van der Waals surface area contributed by atoms with Crippen LogP contribution in [-0.2, 0) is 11.3 Å². The lowest BCUT2D eigenvalue weighted by Crippen LogP contribution is -2.57. The first-order valence-corrected chi connectivity index (χ1v) is 15.5. The predicted octanol–water partition coefficient (Wildman–Crippen LogP) is 4.35. The Kier molecular flexibility index (Phi) is 9.96. The van der Waals surface area contributed by atoms with E-state index >= 15 is 0 Å². The van der Waals surface area contributed by atoms with Crippen LogP contribution in [0.2, 0.25) is 0 Å². The van der Waals surface area contributed by atoms with Crippen LogP contribution in [0.1, 0.15) is 55.5 Å². The van der Waals surface area contributed by atoms with Crippen molar-refractivity contribution >= 4 is 35.0 Å². The van der Waals surface area contributed by atoms with Crippen molar-refractivity contribution in [2.45, 2.75) is 58.2 Å². The average Bonchev–Trinajstić information content (AvgIpc) is 3.05.